The van der Waals surface area contributed by atoms with E-state index in [0.29, 0.717) is 0 Å². The second-order valence-corrected chi connectivity index (χ2v) is 1.06. The minimum atomic E-state index is -0.833. The van der Waals surface area contributed by atoms with E-state index in [2.05, 4.69) is 11.5 Å². The van der Waals surface area contributed by atoms with Gasteiger partial charge in [-0.3, -0.25) is 4.79 Å². The van der Waals surface area contributed by atoms with Crippen molar-refractivity contribution in [3.05, 3.63) is 12.2 Å². The topological polar surface area (TPSA) is 86.2 Å². The Hall–Kier alpha value is -1.32. The van der Waals surface area contributed by atoms with E-state index < -0.39 is 6.03 Å². The number of primary amides is 2. The fraction of sp³-hybridized carbons (Fsp3) is 0.200. The van der Waals surface area contributed by atoms with Gasteiger partial charge in [0.1, 0.15) is 6.29 Å². The monoisotopic (exact) mass is 130 g/mol. The van der Waals surface area contributed by atoms with Gasteiger partial charge in [-0.2, -0.15) is 0 Å². The molecule has 0 fully saturated rings. The second-order valence-electron chi connectivity index (χ2n) is 1.06. The van der Waals surface area contributed by atoms with Crippen LogP contribution in [0.2, 0.25) is 0 Å². The summed E-state index contributed by atoms with van der Waals surface area (Å²) in [6.07, 6.45) is 3.88. The standard InChI is InChI=1S/C4H6O.CH4N2O/c1-2-3-4-5;2-1(3)4/h2-4H,1H3;(H4,2,3,4). The van der Waals surface area contributed by atoms with Crippen molar-refractivity contribution >= 4 is 12.3 Å². The first kappa shape index (κ1) is 10.6. The molecule has 0 aliphatic rings. The van der Waals surface area contributed by atoms with E-state index in [9.17, 15) is 4.79 Å². The fourth-order valence-electron chi connectivity index (χ4n) is 0.0786. The van der Waals surface area contributed by atoms with Crippen LogP contribution in [-0.2, 0) is 4.79 Å². The van der Waals surface area contributed by atoms with Crippen LogP contribution in [0, 0.1) is 0 Å². The molecule has 0 atom stereocenters. The zero-order valence-electron chi connectivity index (χ0n) is 5.20. The van der Waals surface area contributed by atoms with Crippen molar-refractivity contribution in [2.75, 3.05) is 0 Å². The van der Waals surface area contributed by atoms with Crippen LogP contribution in [0.3, 0.4) is 0 Å². The maximum Gasteiger partial charge on any atom is 0.309 e. The SMILES string of the molecule is CC=CC=O.NC(N)=O. The molecule has 0 unspecified atom stereocenters. The Balaban J connectivity index is 0. The molecule has 0 aromatic rings. The van der Waals surface area contributed by atoms with Crippen molar-refractivity contribution < 1.29 is 9.59 Å². The molecule has 0 saturated heterocycles. The van der Waals surface area contributed by atoms with Gasteiger partial charge in [0, 0.05) is 0 Å². The van der Waals surface area contributed by atoms with Crippen LogP contribution < -0.4 is 11.5 Å². The number of urea groups is 1. The molecule has 0 saturated carbocycles. The first-order chi connectivity index (χ1) is 4.15. The lowest BCUT2D eigenvalue weighted by Gasteiger charge is -1.62. The summed E-state index contributed by atoms with van der Waals surface area (Å²) in [5.74, 6) is 0. The molecule has 4 N–H and O–H groups in total. The zero-order valence-corrected chi connectivity index (χ0v) is 5.20. The van der Waals surface area contributed by atoms with E-state index >= 15 is 0 Å². The van der Waals surface area contributed by atoms with Gasteiger partial charge in [-0.15, -0.1) is 0 Å². The van der Waals surface area contributed by atoms with Gasteiger partial charge in [-0.05, 0) is 13.0 Å². The summed E-state index contributed by atoms with van der Waals surface area (Å²) in [6.45, 7) is 1.80. The van der Waals surface area contributed by atoms with E-state index in [1.54, 1.807) is 13.0 Å². The summed E-state index contributed by atoms with van der Waals surface area (Å²) in [6, 6.07) is -0.833. The molecule has 4 heteroatoms. The number of rotatable bonds is 1. The van der Waals surface area contributed by atoms with Crippen LogP contribution in [0.5, 0.6) is 0 Å². The summed E-state index contributed by atoms with van der Waals surface area (Å²) in [5.41, 5.74) is 8.50. The van der Waals surface area contributed by atoms with Crippen molar-refractivity contribution in [2.24, 2.45) is 11.5 Å². The van der Waals surface area contributed by atoms with Gasteiger partial charge >= 0.3 is 6.03 Å². The number of carbonyl (C=O) groups excluding carboxylic acids is 2. The molecule has 0 heterocycles. The highest BCUT2D eigenvalue weighted by molar-refractivity contribution is 5.69. The van der Waals surface area contributed by atoms with Crippen molar-refractivity contribution in [2.45, 2.75) is 6.92 Å². The lowest BCUT2D eigenvalue weighted by atomic mass is 10.6. The Kier molecular flexibility index (Phi) is 11.6. The number of aldehydes is 1. The number of carbonyl (C=O) groups is 2. The molecule has 0 radical (unpaired) electrons. The Bertz CT molecular complexity index is 106. The van der Waals surface area contributed by atoms with Crippen LogP contribution in [-0.4, -0.2) is 12.3 Å². The molecule has 4 nitrogen and oxygen atoms in total. The Morgan fingerprint density at radius 1 is 1.44 bits per heavy atom. The van der Waals surface area contributed by atoms with Gasteiger partial charge in [-0.25, -0.2) is 4.79 Å². The third-order valence-electron chi connectivity index (χ3n) is 0.271. The minimum absolute atomic E-state index is 0.750. The van der Waals surface area contributed by atoms with E-state index in [1.165, 1.54) is 6.08 Å². The van der Waals surface area contributed by atoms with Crippen LogP contribution >= 0.6 is 0 Å². The second kappa shape index (κ2) is 9.84. The first-order valence-corrected chi connectivity index (χ1v) is 2.26. The van der Waals surface area contributed by atoms with Gasteiger partial charge in [0.2, 0.25) is 0 Å². The van der Waals surface area contributed by atoms with Crippen molar-refractivity contribution in [3.8, 4) is 0 Å². The van der Waals surface area contributed by atoms with E-state index in [4.69, 9.17) is 4.79 Å². The van der Waals surface area contributed by atoms with Gasteiger partial charge in [-0.1, -0.05) is 6.08 Å². The van der Waals surface area contributed by atoms with Crippen molar-refractivity contribution in [3.63, 3.8) is 0 Å². The van der Waals surface area contributed by atoms with E-state index in [1.807, 2.05) is 0 Å². The Morgan fingerprint density at radius 3 is 1.78 bits per heavy atom. The third kappa shape index (κ3) is 316. The molecular formula is C5H10N2O2. The third-order valence-corrected chi connectivity index (χ3v) is 0.271. The van der Waals surface area contributed by atoms with Crippen molar-refractivity contribution in [1.82, 2.24) is 0 Å². The highest BCUT2D eigenvalue weighted by Crippen LogP contribution is 1.55. The zero-order chi connectivity index (χ0) is 7.70. The maximum absolute atomic E-state index is 9.32. The lowest BCUT2D eigenvalue weighted by molar-refractivity contribution is -0.104. The van der Waals surface area contributed by atoms with E-state index in [0.717, 1.165) is 6.29 Å². The summed E-state index contributed by atoms with van der Waals surface area (Å²) in [7, 11) is 0. The first-order valence-electron chi connectivity index (χ1n) is 2.26. The normalized spacial score (nSPS) is 7.67. The highest BCUT2D eigenvalue weighted by atomic mass is 16.2. The molecule has 2 amide bonds. The average molecular weight is 130 g/mol. The summed E-state index contributed by atoms with van der Waals surface area (Å²) < 4.78 is 0. The Labute approximate surface area is 53.5 Å². The summed E-state index contributed by atoms with van der Waals surface area (Å²) in [4.78, 5) is 18.3. The van der Waals surface area contributed by atoms with Crippen LogP contribution in [0.4, 0.5) is 4.79 Å². The number of allylic oxidation sites excluding steroid dienone is 2. The summed E-state index contributed by atoms with van der Waals surface area (Å²) in [5, 5.41) is 0. The molecule has 0 bridgehead atoms. The molecule has 52 valence electrons. The van der Waals surface area contributed by atoms with Crippen molar-refractivity contribution in [1.29, 1.82) is 0 Å². The smallest absolute Gasteiger partial charge is 0.309 e. The number of amides is 2. The molecule has 9 heavy (non-hydrogen) atoms. The highest BCUT2D eigenvalue weighted by Gasteiger charge is 1.60. The maximum atomic E-state index is 9.32. The molecule has 0 aliphatic heterocycles. The lowest BCUT2D eigenvalue weighted by Crippen LogP contribution is -2.18. The number of hydrogen-bond donors (Lipinski definition) is 2. The van der Waals surface area contributed by atoms with Gasteiger partial charge < -0.3 is 11.5 Å². The number of nitrogens with two attached hydrogens (primary N) is 2. The largest absolute Gasteiger partial charge is 0.352 e. The average Bonchev–Trinajstić information content (AvgIpc) is 1.66. The van der Waals surface area contributed by atoms with Crippen LogP contribution in [0.1, 0.15) is 6.92 Å². The van der Waals surface area contributed by atoms with E-state index in [-0.39, 0.29) is 0 Å². The molecule has 0 rings (SSSR count). The predicted molar refractivity (Wildman–Crippen MR) is 34.6 cm³/mol. The predicted octanol–water partition coefficient (Wildman–Crippen LogP) is -0.215. The number of hydrogen-bond acceptors (Lipinski definition) is 2. The molecular weight excluding hydrogens is 120 g/mol. The molecule has 0 aliphatic carbocycles. The molecule has 0 aromatic carbocycles. The fourth-order valence-corrected chi connectivity index (χ4v) is 0.0786. The minimum Gasteiger partial charge on any atom is -0.352 e. The summed E-state index contributed by atoms with van der Waals surface area (Å²) >= 11 is 0. The van der Waals surface area contributed by atoms with Gasteiger partial charge in [0.15, 0.2) is 0 Å². The molecule has 0 aromatic heterocycles. The quantitative estimate of drug-likeness (QED) is 0.380. The van der Waals surface area contributed by atoms with Crippen LogP contribution in [0.25, 0.3) is 0 Å². The van der Waals surface area contributed by atoms with Gasteiger partial charge in [0.05, 0.1) is 0 Å². The Morgan fingerprint density at radius 2 is 1.78 bits per heavy atom. The molecule has 0 spiro atoms. The van der Waals surface area contributed by atoms with Gasteiger partial charge in [0.25, 0.3) is 0 Å². The van der Waals surface area contributed by atoms with Crippen LogP contribution in [0.15, 0.2) is 12.2 Å².